The summed E-state index contributed by atoms with van der Waals surface area (Å²) in [5.74, 6) is -1.45. The molecule has 0 aliphatic heterocycles. The third-order valence-electron chi connectivity index (χ3n) is 2.69. The highest BCUT2D eigenvalue weighted by Gasteiger charge is 2.35. The maximum Gasteiger partial charge on any atom is 0.420 e. The summed E-state index contributed by atoms with van der Waals surface area (Å²) in [6.45, 7) is 1.50. The van der Waals surface area contributed by atoms with Crippen LogP contribution in [-0.4, -0.2) is 0 Å². The smallest absolute Gasteiger partial charge is 0.420 e. The number of benzene rings is 2. The highest BCUT2D eigenvalue weighted by molar-refractivity contribution is 5.50. The molecule has 20 heavy (non-hydrogen) atoms. The number of aryl methyl sites for hydroxylation is 1. The minimum absolute atomic E-state index is 0.0469. The summed E-state index contributed by atoms with van der Waals surface area (Å²) in [6, 6.07) is 7.34. The van der Waals surface area contributed by atoms with Gasteiger partial charge in [0, 0.05) is 5.69 Å². The zero-order chi connectivity index (χ0) is 14.9. The molecule has 2 nitrogen and oxygen atoms in total. The molecule has 2 rings (SSSR count). The Morgan fingerprint density at radius 2 is 1.75 bits per heavy atom. The first-order valence-corrected chi connectivity index (χ1v) is 5.68. The van der Waals surface area contributed by atoms with Crippen molar-refractivity contribution in [2.45, 2.75) is 13.1 Å². The number of anilines is 1. The SMILES string of the molecule is Cc1cccc(Oc2ccc(N)cc2C(F)(F)F)c1F. The first-order chi connectivity index (χ1) is 9.29. The predicted molar refractivity (Wildman–Crippen MR) is 67.1 cm³/mol. The second-order valence-corrected chi connectivity index (χ2v) is 4.24. The minimum Gasteiger partial charge on any atom is -0.454 e. The van der Waals surface area contributed by atoms with Crippen molar-refractivity contribution in [3.05, 3.63) is 53.3 Å². The van der Waals surface area contributed by atoms with Gasteiger partial charge in [0.05, 0.1) is 0 Å². The molecule has 0 spiro atoms. The summed E-state index contributed by atoms with van der Waals surface area (Å²) < 4.78 is 57.5. The molecule has 0 radical (unpaired) electrons. The van der Waals surface area contributed by atoms with Gasteiger partial charge in [-0.1, -0.05) is 12.1 Å². The summed E-state index contributed by atoms with van der Waals surface area (Å²) in [5.41, 5.74) is 4.54. The Kier molecular flexibility index (Phi) is 3.57. The molecule has 2 N–H and O–H groups in total. The Morgan fingerprint density at radius 3 is 2.40 bits per heavy atom. The predicted octanol–water partition coefficient (Wildman–Crippen LogP) is 4.53. The number of ether oxygens (including phenoxy) is 1. The monoisotopic (exact) mass is 285 g/mol. The molecule has 0 aliphatic rings. The van der Waals surface area contributed by atoms with Gasteiger partial charge >= 0.3 is 6.18 Å². The normalized spacial score (nSPS) is 11.4. The lowest BCUT2D eigenvalue weighted by Crippen LogP contribution is -2.08. The van der Waals surface area contributed by atoms with E-state index in [9.17, 15) is 17.6 Å². The molecule has 0 aromatic heterocycles. The van der Waals surface area contributed by atoms with Crippen molar-refractivity contribution < 1.29 is 22.3 Å². The quantitative estimate of drug-likeness (QED) is 0.650. The second-order valence-electron chi connectivity index (χ2n) is 4.24. The first-order valence-electron chi connectivity index (χ1n) is 5.68. The minimum atomic E-state index is -4.63. The number of rotatable bonds is 2. The van der Waals surface area contributed by atoms with Gasteiger partial charge in [0.1, 0.15) is 11.3 Å². The van der Waals surface area contributed by atoms with Gasteiger partial charge in [-0.15, -0.1) is 0 Å². The Hall–Kier alpha value is -2.24. The molecular formula is C14H11F4NO. The van der Waals surface area contributed by atoms with Gasteiger partial charge in [-0.2, -0.15) is 13.2 Å². The Morgan fingerprint density at radius 1 is 1.05 bits per heavy atom. The zero-order valence-electron chi connectivity index (χ0n) is 10.5. The van der Waals surface area contributed by atoms with E-state index in [0.29, 0.717) is 0 Å². The topological polar surface area (TPSA) is 35.2 Å². The summed E-state index contributed by atoms with van der Waals surface area (Å²) in [6.07, 6.45) is -4.63. The molecule has 0 aliphatic carbocycles. The van der Waals surface area contributed by atoms with Crippen LogP contribution in [0.1, 0.15) is 11.1 Å². The molecule has 2 aromatic rings. The number of hydrogen-bond donors (Lipinski definition) is 1. The molecule has 0 heterocycles. The largest absolute Gasteiger partial charge is 0.454 e. The lowest BCUT2D eigenvalue weighted by molar-refractivity contribution is -0.138. The number of nitrogen functional groups attached to an aromatic ring is 1. The van der Waals surface area contributed by atoms with Crippen LogP contribution in [-0.2, 0) is 6.18 Å². The number of nitrogens with two attached hydrogens (primary N) is 1. The van der Waals surface area contributed by atoms with E-state index in [-0.39, 0.29) is 17.0 Å². The van der Waals surface area contributed by atoms with Gasteiger partial charge in [-0.3, -0.25) is 0 Å². The lowest BCUT2D eigenvalue weighted by atomic mass is 10.1. The van der Waals surface area contributed by atoms with Crippen molar-refractivity contribution in [2.75, 3.05) is 5.73 Å². The third kappa shape index (κ3) is 2.84. The van der Waals surface area contributed by atoms with Crippen LogP contribution >= 0.6 is 0 Å². The third-order valence-corrected chi connectivity index (χ3v) is 2.69. The van der Waals surface area contributed by atoms with Gasteiger partial charge in [0.25, 0.3) is 0 Å². The van der Waals surface area contributed by atoms with Gasteiger partial charge in [-0.05, 0) is 36.8 Å². The van der Waals surface area contributed by atoms with Gasteiger partial charge < -0.3 is 10.5 Å². The Balaban J connectivity index is 2.46. The second kappa shape index (κ2) is 5.03. The van der Waals surface area contributed by atoms with Crippen LogP contribution in [0.5, 0.6) is 11.5 Å². The van der Waals surface area contributed by atoms with E-state index >= 15 is 0 Å². The van der Waals surface area contributed by atoms with E-state index in [0.717, 1.165) is 12.1 Å². The molecule has 0 unspecified atom stereocenters. The zero-order valence-corrected chi connectivity index (χ0v) is 10.5. The van der Waals surface area contributed by atoms with Crippen molar-refractivity contribution >= 4 is 5.69 Å². The summed E-state index contributed by atoms with van der Waals surface area (Å²) >= 11 is 0. The van der Waals surface area contributed by atoms with Crippen LogP contribution in [0.3, 0.4) is 0 Å². The number of hydrogen-bond acceptors (Lipinski definition) is 2. The molecule has 0 saturated carbocycles. The Labute approximate surface area is 112 Å². The molecule has 0 amide bonds. The van der Waals surface area contributed by atoms with E-state index in [1.54, 1.807) is 0 Å². The molecule has 0 bridgehead atoms. The van der Waals surface area contributed by atoms with Gasteiger partial charge in [-0.25, -0.2) is 4.39 Å². The van der Waals surface area contributed by atoms with Crippen LogP contribution < -0.4 is 10.5 Å². The van der Waals surface area contributed by atoms with Crippen LogP contribution in [0, 0.1) is 12.7 Å². The standard InChI is InChI=1S/C14H11F4NO/c1-8-3-2-4-12(13(8)15)20-11-6-5-9(19)7-10(11)14(16,17)18/h2-7H,19H2,1H3. The fraction of sp³-hybridized carbons (Fsp3) is 0.143. The van der Waals surface area contributed by atoms with Crippen LogP contribution in [0.15, 0.2) is 36.4 Å². The van der Waals surface area contributed by atoms with E-state index < -0.39 is 23.3 Å². The highest BCUT2D eigenvalue weighted by Crippen LogP contribution is 2.39. The molecule has 0 fully saturated rings. The maximum atomic E-state index is 13.8. The summed E-state index contributed by atoms with van der Waals surface area (Å²) in [5, 5.41) is 0. The van der Waals surface area contributed by atoms with E-state index in [1.807, 2.05) is 0 Å². The van der Waals surface area contributed by atoms with Crippen LogP contribution in [0.25, 0.3) is 0 Å². The van der Waals surface area contributed by atoms with Crippen molar-refractivity contribution in [2.24, 2.45) is 0 Å². The molecule has 2 aromatic carbocycles. The fourth-order valence-corrected chi connectivity index (χ4v) is 1.68. The molecule has 106 valence electrons. The fourth-order valence-electron chi connectivity index (χ4n) is 1.68. The molecular weight excluding hydrogens is 274 g/mol. The summed E-state index contributed by atoms with van der Waals surface area (Å²) in [7, 11) is 0. The van der Waals surface area contributed by atoms with Crippen LogP contribution in [0.2, 0.25) is 0 Å². The van der Waals surface area contributed by atoms with Crippen molar-refractivity contribution in [3.8, 4) is 11.5 Å². The van der Waals surface area contributed by atoms with Crippen molar-refractivity contribution in [3.63, 3.8) is 0 Å². The average molecular weight is 285 g/mol. The Bertz CT molecular complexity index is 638. The lowest BCUT2D eigenvalue weighted by Gasteiger charge is -2.15. The average Bonchev–Trinajstić information content (AvgIpc) is 2.36. The molecule has 6 heteroatoms. The number of alkyl halides is 3. The first kappa shape index (κ1) is 14.2. The van der Waals surface area contributed by atoms with Crippen molar-refractivity contribution in [1.29, 1.82) is 0 Å². The summed E-state index contributed by atoms with van der Waals surface area (Å²) in [4.78, 5) is 0. The molecule has 0 atom stereocenters. The molecule has 0 saturated heterocycles. The maximum absolute atomic E-state index is 13.8. The van der Waals surface area contributed by atoms with E-state index in [2.05, 4.69) is 0 Å². The van der Waals surface area contributed by atoms with Crippen LogP contribution in [0.4, 0.5) is 23.2 Å². The van der Waals surface area contributed by atoms with E-state index in [1.165, 1.54) is 31.2 Å². The van der Waals surface area contributed by atoms with Crippen molar-refractivity contribution in [1.82, 2.24) is 0 Å². The highest BCUT2D eigenvalue weighted by atomic mass is 19.4. The van der Waals surface area contributed by atoms with Gasteiger partial charge in [0.15, 0.2) is 11.6 Å². The van der Waals surface area contributed by atoms with E-state index in [4.69, 9.17) is 10.5 Å². The number of halogens is 4. The van der Waals surface area contributed by atoms with Gasteiger partial charge in [0.2, 0.25) is 0 Å².